The van der Waals surface area contributed by atoms with E-state index in [1.165, 1.54) is 4.90 Å². The maximum absolute atomic E-state index is 12.0. The number of hydrogen-bond acceptors (Lipinski definition) is 4. The van der Waals surface area contributed by atoms with Gasteiger partial charge in [-0.15, -0.1) is 0 Å². The van der Waals surface area contributed by atoms with Crippen LogP contribution in [-0.4, -0.2) is 37.7 Å². The van der Waals surface area contributed by atoms with Crippen LogP contribution in [-0.2, 0) is 14.3 Å². The first-order chi connectivity index (χ1) is 9.68. The van der Waals surface area contributed by atoms with Crippen LogP contribution < -0.4 is 4.90 Å². The summed E-state index contributed by atoms with van der Waals surface area (Å²) >= 11 is 5.99. The van der Waals surface area contributed by atoms with Gasteiger partial charge in [-0.1, -0.05) is 17.7 Å². The summed E-state index contributed by atoms with van der Waals surface area (Å²) in [6.45, 7) is 1.71. The first-order valence-electron chi connectivity index (χ1n) is 6.56. The van der Waals surface area contributed by atoms with Crippen molar-refractivity contribution in [3.8, 4) is 0 Å². The molecule has 0 spiro atoms. The summed E-state index contributed by atoms with van der Waals surface area (Å²) in [7, 11) is 0. The van der Waals surface area contributed by atoms with E-state index in [-0.39, 0.29) is 6.29 Å². The van der Waals surface area contributed by atoms with Crippen LogP contribution in [0.1, 0.15) is 23.2 Å². The van der Waals surface area contributed by atoms with Crippen molar-refractivity contribution >= 4 is 29.0 Å². The molecule has 20 heavy (non-hydrogen) atoms. The van der Waals surface area contributed by atoms with Gasteiger partial charge in [0.2, 0.25) is 0 Å². The van der Waals surface area contributed by atoms with E-state index in [0.717, 1.165) is 6.42 Å². The Hall–Kier alpha value is -1.43. The normalized spacial score (nSPS) is 19.6. The number of nitrogens with zero attached hydrogens (tertiary/aromatic N) is 1. The van der Waals surface area contributed by atoms with Gasteiger partial charge < -0.3 is 14.4 Å². The second-order valence-electron chi connectivity index (χ2n) is 4.73. The number of benzene rings is 1. The molecule has 0 aliphatic carbocycles. The van der Waals surface area contributed by atoms with Crippen LogP contribution in [0.2, 0.25) is 5.02 Å². The topological polar surface area (TPSA) is 55.8 Å². The molecule has 2 aliphatic rings. The Morgan fingerprint density at radius 2 is 2.00 bits per heavy atom. The summed E-state index contributed by atoms with van der Waals surface area (Å²) < 4.78 is 10.9. The van der Waals surface area contributed by atoms with E-state index < -0.39 is 11.7 Å². The zero-order chi connectivity index (χ0) is 14.1. The molecule has 5 nitrogen and oxygen atoms in total. The molecule has 0 unspecified atom stereocenters. The Balaban J connectivity index is 1.76. The van der Waals surface area contributed by atoms with Gasteiger partial charge in [0.05, 0.1) is 29.5 Å². The monoisotopic (exact) mass is 295 g/mol. The van der Waals surface area contributed by atoms with Crippen molar-refractivity contribution in [1.29, 1.82) is 0 Å². The molecule has 2 aliphatic heterocycles. The van der Waals surface area contributed by atoms with E-state index in [9.17, 15) is 9.59 Å². The van der Waals surface area contributed by atoms with Crippen LogP contribution in [0.3, 0.4) is 0 Å². The molecule has 0 N–H and O–H groups in total. The second-order valence-corrected chi connectivity index (χ2v) is 5.14. The predicted octanol–water partition coefficient (Wildman–Crippen LogP) is 2.02. The molecule has 0 aromatic heterocycles. The highest BCUT2D eigenvalue weighted by molar-refractivity contribution is 6.55. The molecule has 1 amide bonds. The van der Waals surface area contributed by atoms with Gasteiger partial charge in [0.1, 0.15) is 0 Å². The lowest BCUT2D eigenvalue weighted by atomic mass is 10.1. The van der Waals surface area contributed by atoms with Crippen LogP contribution in [0, 0.1) is 0 Å². The lowest BCUT2D eigenvalue weighted by Crippen LogP contribution is -2.35. The Labute approximate surface area is 121 Å². The summed E-state index contributed by atoms with van der Waals surface area (Å²) in [5.41, 5.74) is 0.868. The van der Waals surface area contributed by atoms with Crippen molar-refractivity contribution in [2.45, 2.75) is 19.1 Å². The highest BCUT2D eigenvalue weighted by atomic mass is 35.5. The first kappa shape index (κ1) is 13.5. The first-order valence-corrected chi connectivity index (χ1v) is 6.94. The van der Waals surface area contributed by atoms with Crippen molar-refractivity contribution in [2.24, 2.45) is 0 Å². The number of fused-ring (bicyclic) bond motifs is 1. The summed E-state index contributed by atoms with van der Waals surface area (Å²) in [4.78, 5) is 25.4. The SMILES string of the molecule is O=C1C(=O)N(CCC2OCCCO2)c2cccc(Cl)c21. The Bertz CT molecular complexity index is 554. The fourth-order valence-electron chi connectivity index (χ4n) is 2.46. The van der Waals surface area contributed by atoms with Crippen molar-refractivity contribution in [1.82, 2.24) is 0 Å². The Kier molecular flexibility index (Phi) is 3.74. The van der Waals surface area contributed by atoms with Gasteiger partial charge in [-0.3, -0.25) is 9.59 Å². The van der Waals surface area contributed by atoms with Crippen LogP contribution in [0.5, 0.6) is 0 Å². The summed E-state index contributed by atoms with van der Waals surface area (Å²) in [5, 5.41) is 0.313. The summed E-state index contributed by atoms with van der Waals surface area (Å²) in [6.07, 6.45) is 1.11. The number of ether oxygens (including phenoxy) is 2. The number of anilines is 1. The maximum atomic E-state index is 12.0. The van der Waals surface area contributed by atoms with Gasteiger partial charge in [-0.25, -0.2) is 0 Å². The van der Waals surface area contributed by atoms with Crippen LogP contribution in [0.15, 0.2) is 18.2 Å². The molecule has 1 aromatic rings. The molecule has 6 heteroatoms. The van der Waals surface area contributed by atoms with Crippen LogP contribution in [0.4, 0.5) is 5.69 Å². The molecule has 0 bridgehead atoms. The van der Waals surface area contributed by atoms with Crippen molar-refractivity contribution < 1.29 is 19.1 Å². The molecular formula is C14H14ClNO4. The lowest BCUT2D eigenvalue weighted by Gasteiger charge is -2.25. The second kappa shape index (κ2) is 5.52. The van der Waals surface area contributed by atoms with E-state index in [2.05, 4.69) is 0 Å². The molecule has 106 valence electrons. The van der Waals surface area contributed by atoms with Crippen LogP contribution in [0.25, 0.3) is 0 Å². The highest BCUT2D eigenvalue weighted by Crippen LogP contribution is 2.34. The zero-order valence-electron chi connectivity index (χ0n) is 10.8. The summed E-state index contributed by atoms with van der Waals surface area (Å²) in [6, 6.07) is 5.07. The largest absolute Gasteiger partial charge is 0.353 e. The number of ketones is 1. The standard InChI is InChI=1S/C14H14ClNO4/c15-9-3-1-4-10-12(9)13(17)14(18)16(10)6-5-11-19-7-2-8-20-11/h1,3-4,11H,2,5-8H2. The third-order valence-electron chi connectivity index (χ3n) is 3.43. The average Bonchev–Trinajstić information content (AvgIpc) is 2.71. The van der Waals surface area contributed by atoms with Crippen molar-refractivity contribution in [3.05, 3.63) is 28.8 Å². The zero-order valence-corrected chi connectivity index (χ0v) is 11.6. The van der Waals surface area contributed by atoms with Gasteiger partial charge in [-0.05, 0) is 18.6 Å². The number of hydrogen-bond donors (Lipinski definition) is 0. The number of carbonyl (C=O) groups is 2. The molecule has 1 aromatic carbocycles. The fraction of sp³-hybridized carbons (Fsp3) is 0.429. The van der Waals surface area contributed by atoms with E-state index in [4.69, 9.17) is 21.1 Å². The number of rotatable bonds is 3. The molecule has 1 fully saturated rings. The van der Waals surface area contributed by atoms with E-state index >= 15 is 0 Å². The lowest BCUT2D eigenvalue weighted by molar-refractivity contribution is -0.179. The smallest absolute Gasteiger partial charge is 0.299 e. The van der Waals surface area contributed by atoms with Gasteiger partial charge >= 0.3 is 0 Å². The molecule has 0 atom stereocenters. The van der Waals surface area contributed by atoms with Crippen molar-refractivity contribution in [3.63, 3.8) is 0 Å². The molecule has 3 rings (SSSR count). The van der Waals surface area contributed by atoms with Gasteiger partial charge in [0, 0.05) is 13.0 Å². The van der Waals surface area contributed by atoms with E-state index in [1.807, 2.05) is 0 Å². The Morgan fingerprint density at radius 1 is 1.25 bits per heavy atom. The number of amides is 1. The highest BCUT2D eigenvalue weighted by Gasteiger charge is 2.37. The van der Waals surface area contributed by atoms with Gasteiger partial charge in [0.15, 0.2) is 6.29 Å². The van der Waals surface area contributed by atoms with Gasteiger partial charge in [0.25, 0.3) is 11.7 Å². The minimum absolute atomic E-state index is 0.296. The minimum Gasteiger partial charge on any atom is -0.353 e. The minimum atomic E-state index is -0.545. The van der Waals surface area contributed by atoms with Gasteiger partial charge in [-0.2, -0.15) is 0 Å². The van der Waals surface area contributed by atoms with E-state index in [0.29, 0.717) is 42.5 Å². The number of Topliss-reactive ketones (excluding diaryl/α,β-unsaturated/α-hetero) is 1. The third kappa shape index (κ3) is 2.32. The number of halogens is 1. The molecule has 0 radical (unpaired) electrons. The molecule has 0 saturated carbocycles. The number of carbonyl (C=O) groups excluding carboxylic acids is 2. The Morgan fingerprint density at radius 3 is 2.75 bits per heavy atom. The molecular weight excluding hydrogens is 282 g/mol. The van der Waals surface area contributed by atoms with Crippen molar-refractivity contribution in [2.75, 3.05) is 24.7 Å². The summed E-state index contributed by atoms with van der Waals surface area (Å²) in [5.74, 6) is -1.08. The quantitative estimate of drug-likeness (QED) is 0.801. The molecule has 2 heterocycles. The molecule has 1 saturated heterocycles. The fourth-order valence-corrected chi connectivity index (χ4v) is 2.72. The van der Waals surface area contributed by atoms with E-state index in [1.54, 1.807) is 18.2 Å². The third-order valence-corrected chi connectivity index (χ3v) is 3.75. The predicted molar refractivity (Wildman–Crippen MR) is 73.1 cm³/mol. The average molecular weight is 296 g/mol. The van der Waals surface area contributed by atoms with Crippen LogP contribution >= 0.6 is 11.6 Å². The maximum Gasteiger partial charge on any atom is 0.299 e.